The molecule has 0 aliphatic carbocycles. The van der Waals surface area contributed by atoms with Gasteiger partial charge in [-0.2, -0.15) is 0 Å². The summed E-state index contributed by atoms with van der Waals surface area (Å²) in [5.41, 5.74) is 6.61. The first-order valence-corrected chi connectivity index (χ1v) is 5.21. The smallest absolute Gasteiger partial charge is 0.141 e. The second-order valence-electron chi connectivity index (χ2n) is 3.11. The summed E-state index contributed by atoms with van der Waals surface area (Å²) in [6.07, 6.45) is 3.26. The Morgan fingerprint density at radius 1 is 1.33 bits per heavy atom. The molecule has 15 heavy (non-hydrogen) atoms. The van der Waals surface area contributed by atoms with Crippen molar-refractivity contribution in [2.45, 2.75) is 0 Å². The maximum Gasteiger partial charge on any atom is 0.141 e. The molecule has 0 spiro atoms. The maximum atomic E-state index is 5.78. The average Bonchev–Trinajstić information content (AvgIpc) is 2.86. The lowest BCUT2D eigenvalue weighted by Crippen LogP contribution is -1.86. The SMILES string of the molecule is Nc1nccc2cc(-c3ccon3)sc12. The number of aromatic nitrogens is 2. The molecule has 0 saturated heterocycles. The third kappa shape index (κ3) is 1.28. The van der Waals surface area contributed by atoms with E-state index < -0.39 is 0 Å². The quantitative estimate of drug-likeness (QED) is 0.680. The van der Waals surface area contributed by atoms with Gasteiger partial charge in [-0.15, -0.1) is 11.3 Å². The van der Waals surface area contributed by atoms with E-state index in [0.29, 0.717) is 5.82 Å². The van der Waals surface area contributed by atoms with Crippen LogP contribution >= 0.6 is 11.3 Å². The largest absolute Gasteiger partial charge is 0.383 e. The molecule has 3 rings (SSSR count). The van der Waals surface area contributed by atoms with E-state index in [2.05, 4.69) is 10.1 Å². The number of hydrogen-bond acceptors (Lipinski definition) is 5. The number of thiophene rings is 1. The number of nitrogens with two attached hydrogens (primary N) is 1. The molecule has 0 atom stereocenters. The molecule has 4 nitrogen and oxygen atoms in total. The van der Waals surface area contributed by atoms with Gasteiger partial charge in [0.1, 0.15) is 17.8 Å². The van der Waals surface area contributed by atoms with Gasteiger partial charge in [0, 0.05) is 12.3 Å². The van der Waals surface area contributed by atoms with Crippen LogP contribution in [-0.4, -0.2) is 10.1 Å². The molecule has 0 unspecified atom stereocenters. The monoisotopic (exact) mass is 217 g/mol. The van der Waals surface area contributed by atoms with Crippen molar-refractivity contribution in [2.24, 2.45) is 0 Å². The summed E-state index contributed by atoms with van der Waals surface area (Å²) in [6, 6.07) is 5.80. The second kappa shape index (κ2) is 3.06. The molecule has 2 N–H and O–H groups in total. The highest BCUT2D eigenvalue weighted by atomic mass is 32.1. The van der Waals surface area contributed by atoms with Crippen LogP contribution in [0.3, 0.4) is 0 Å². The van der Waals surface area contributed by atoms with Crippen LogP contribution in [0.5, 0.6) is 0 Å². The first-order chi connectivity index (χ1) is 7.34. The van der Waals surface area contributed by atoms with Crippen molar-refractivity contribution in [1.29, 1.82) is 0 Å². The molecule has 3 aromatic heterocycles. The standard InChI is InChI=1S/C10H7N3OS/c11-10-9-6(1-3-12-10)5-8(15-9)7-2-4-14-13-7/h1-5H,(H2,11,12). The van der Waals surface area contributed by atoms with E-state index in [1.165, 1.54) is 0 Å². The van der Waals surface area contributed by atoms with E-state index >= 15 is 0 Å². The van der Waals surface area contributed by atoms with Crippen molar-refractivity contribution in [3.63, 3.8) is 0 Å². The van der Waals surface area contributed by atoms with Gasteiger partial charge in [0.25, 0.3) is 0 Å². The molecular weight excluding hydrogens is 210 g/mol. The molecular formula is C10H7N3OS. The highest BCUT2D eigenvalue weighted by Gasteiger charge is 2.08. The van der Waals surface area contributed by atoms with Gasteiger partial charge in [0.2, 0.25) is 0 Å². The topological polar surface area (TPSA) is 64.9 Å². The van der Waals surface area contributed by atoms with Gasteiger partial charge >= 0.3 is 0 Å². The van der Waals surface area contributed by atoms with Gasteiger partial charge < -0.3 is 10.3 Å². The van der Waals surface area contributed by atoms with Crippen LogP contribution in [0.4, 0.5) is 5.82 Å². The highest BCUT2D eigenvalue weighted by molar-refractivity contribution is 7.22. The van der Waals surface area contributed by atoms with Crippen LogP contribution in [0.15, 0.2) is 35.2 Å². The molecule has 0 aliphatic heterocycles. The molecule has 0 amide bonds. The molecule has 74 valence electrons. The zero-order valence-electron chi connectivity index (χ0n) is 7.68. The average molecular weight is 217 g/mol. The minimum absolute atomic E-state index is 0.562. The van der Waals surface area contributed by atoms with E-state index in [-0.39, 0.29) is 0 Å². The second-order valence-corrected chi connectivity index (χ2v) is 4.16. The van der Waals surface area contributed by atoms with Gasteiger partial charge in [0.15, 0.2) is 0 Å². The summed E-state index contributed by atoms with van der Waals surface area (Å²) in [5, 5.41) is 4.97. The van der Waals surface area contributed by atoms with Crippen LogP contribution in [-0.2, 0) is 0 Å². The van der Waals surface area contributed by atoms with Crippen LogP contribution in [0.25, 0.3) is 20.7 Å². The number of fused-ring (bicyclic) bond motifs is 1. The van der Waals surface area contributed by atoms with Crippen molar-refractivity contribution < 1.29 is 4.52 Å². The Balaban J connectivity index is 2.27. The minimum atomic E-state index is 0.562. The van der Waals surface area contributed by atoms with Crippen molar-refractivity contribution in [2.75, 3.05) is 5.73 Å². The summed E-state index contributed by atoms with van der Waals surface area (Å²) < 4.78 is 5.80. The third-order valence-corrected chi connectivity index (χ3v) is 3.35. The van der Waals surface area contributed by atoms with Gasteiger partial charge in [-0.05, 0) is 17.5 Å². The Bertz CT molecular complexity index is 600. The van der Waals surface area contributed by atoms with E-state index in [1.54, 1.807) is 23.8 Å². The normalized spacial score (nSPS) is 10.9. The molecule has 0 radical (unpaired) electrons. The van der Waals surface area contributed by atoms with Crippen molar-refractivity contribution >= 4 is 27.2 Å². The Labute approximate surface area is 89.3 Å². The lowest BCUT2D eigenvalue weighted by Gasteiger charge is -1.90. The van der Waals surface area contributed by atoms with E-state index in [9.17, 15) is 0 Å². The first kappa shape index (κ1) is 8.43. The molecule has 5 heteroatoms. The fourth-order valence-corrected chi connectivity index (χ4v) is 2.47. The van der Waals surface area contributed by atoms with Crippen molar-refractivity contribution in [3.05, 3.63) is 30.7 Å². The minimum Gasteiger partial charge on any atom is -0.383 e. The highest BCUT2D eigenvalue weighted by Crippen LogP contribution is 2.34. The summed E-state index contributed by atoms with van der Waals surface area (Å²) in [4.78, 5) is 5.09. The Hall–Kier alpha value is -1.88. The summed E-state index contributed by atoms with van der Waals surface area (Å²) in [5.74, 6) is 0.562. The Kier molecular flexibility index (Phi) is 1.72. The third-order valence-electron chi connectivity index (χ3n) is 2.15. The fourth-order valence-electron chi connectivity index (χ4n) is 1.45. The zero-order chi connectivity index (χ0) is 10.3. The Morgan fingerprint density at radius 2 is 2.27 bits per heavy atom. The number of pyridine rings is 1. The molecule has 0 fully saturated rings. The maximum absolute atomic E-state index is 5.78. The molecule has 3 heterocycles. The van der Waals surface area contributed by atoms with Crippen molar-refractivity contribution in [3.8, 4) is 10.6 Å². The number of anilines is 1. The fraction of sp³-hybridized carbons (Fsp3) is 0. The van der Waals surface area contributed by atoms with Crippen LogP contribution < -0.4 is 5.73 Å². The number of hydrogen-bond donors (Lipinski definition) is 1. The van der Waals surface area contributed by atoms with Crippen LogP contribution in [0.2, 0.25) is 0 Å². The van der Waals surface area contributed by atoms with Crippen LogP contribution in [0, 0.1) is 0 Å². The molecule has 3 aromatic rings. The zero-order valence-corrected chi connectivity index (χ0v) is 8.49. The van der Waals surface area contributed by atoms with E-state index in [0.717, 1.165) is 20.7 Å². The lowest BCUT2D eigenvalue weighted by molar-refractivity contribution is 0.422. The van der Waals surface area contributed by atoms with E-state index in [4.69, 9.17) is 10.3 Å². The predicted octanol–water partition coefficient (Wildman–Crippen LogP) is 2.53. The number of nitrogens with zero attached hydrogens (tertiary/aromatic N) is 2. The molecule has 0 aromatic carbocycles. The van der Waals surface area contributed by atoms with E-state index in [1.807, 2.05) is 18.2 Å². The predicted molar refractivity (Wildman–Crippen MR) is 59.5 cm³/mol. The summed E-state index contributed by atoms with van der Waals surface area (Å²) in [7, 11) is 0. The van der Waals surface area contributed by atoms with Gasteiger partial charge in [-0.25, -0.2) is 4.98 Å². The molecule has 0 bridgehead atoms. The molecule has 0 saturated carbocycles. The summed E-state index contributed by atoms with van der Waals surface area (Å²) in [6.45, 7) is 0. The summed E-state index contributed by atoms with van der Waals surface area (Å²) >= 11 is 1.57. The lowest BCUT2D eigenvalue weighted by atomic mass is 10.3. The Morgan fingerprint density at radius 3 is 3.00 bits per heavy atom. The van der Waals surface area contributed by atoms with Gasteiger partial charge in [-0.1, -0.05) is 5.16 Å². The van der Waals surface area contributed by atoms with Gasteiger partial charge in [0.05, 0.1) is 9.58 Å². The molecule has 0 aliphatic rings. The van der Waals surface area contributed by atoms with Gasteiger partial charge in [-0.3, -0.25) is 0 Å². The van der Waals surface area contributed by atoms with Crippen LogP contribution in [0.1, 0.15) is 0 Å². The van der Waals surface area contributed by atoms with Crippen molar-refractivity contribution in [1.82, 2.24) is 10.1 Å². The number of nitrogen functional groups attached to an aromatic ring is 1. The first-order valence-electron chi connectivity index (χ1n) is 4.39. The number of rotatable bonds is 1.